The fourth-order valence-electron chi connectivity index (χ4n) is 4.53. The number of amides is 1. The number of guanidine groups is 1. The van der Waals surface area contributed by atoms with Crippen LogP contribution in [0.3, 0.4) is 0 Å². The monoisotopic (exact) mass is 390 g/mol. The second-order valence-corrected chi connectivity index (χ2v) is 8.14. The zero-order chi connectivity index (χ0) is 20.3. The van der Waals surface area contributed by atoms with Crippen molar-refractivity contribution in [2.45, 2.75) is 51.6 Å². The van der Waals surface area contributed by atoms with E-state index in [0.717, 1.165) is 35.4 Å². The van der Waals surface area contributed by atoms with Crippen LogP contribution in [0.15, 0.2) is 4.99 Å². The van der Waals surface area contributed by atoms with Crippen molar-refractivity contribution in [3.8, 4) is 5.88 Å². The average Bonchev–Trinajstić information content (AvgIpc) is 3.37. The summed E-state index contributed by atoms with van der Waals surface area (Å²) < 4.78 is 7.28. The maximum atomic E-state index is 12.0. The molecule has 2 saturated carbocycles. The Hall–Kier alpha value is -2.25. The van der Waals surface area contributed by atoms with Crippen LogP contribution in [-0.4, -0.2) is 60.3 Å². The molecule has 1 amide bonds. The minimum absolute atomic E-state index is 0.0237. The van der Waals surface area contributed by atoms with Gasteiger partial charge in [-0.2, -0.15) is 5.10 Å². The van der Waals surface area contributed by atoms with Crippen molar-refractivity contribution in [1.82, 2.24) is 25.3 Å². The van der Waals surface area contributed by atoms with E-state index in [1.54, 1.807) is 30.8 Å². The Morgan fingerprint density at radius 3 is 2.71 bits per heavy atom. The molecule has 2 aliphatic rings. The van der Waals surface area contributed by atoms with E-state index in [0.29, 0.717) is 18.5 Å². The summed E-state index contributed by atoms with van der Waals surface area (Å²) in [5.74, 6) is 3.03. The number of ether oxygens (including phenoxy) is 1. The number of aryl methyl sites for hydroxylation is 2. The zero-order valence-electron chi connectivity index (χ0n) is 17.8. The maximum absolute atomic E-state index is 12.0. The van der Waals surface area contributed by atoms with Crippen molar-refractivity contribution in [3.63, 3.8) is 0 Å². The van der Waals surface area contributed by atoms with E-state index in [4.69, 9.17) is 9.73 Å². The van der Waals surface area contributed by atoms with Gasteiger partial charge in [0.2, 0.25) is 11.8 Å². The summed E-state index contributed by atoms with van der Waals surface area (Å²) in [6, 6.07) is 0.445. The molecule has 3 rings (SSSR count). The molecule has 156 valence electrons. The summed E-state index contributed by atoms with van der Waals surface area (Å²) in [5, 5.41) is 11.3. The molecule has 1 heterocycles. The van der Waals surface area contributed by atoms with Gasteiger partial charge in [-0.15, -0.1) is 0 Å². The van der Waals surface area contributed by atoms with E-state index in [1.807, 2.05) is 7.05 Å². The minimum Gasteiger partial charge on any atom is -0.481 e. The van der Waals surface area contributed by atoms with Crippen LogP contribution in [0.2, 0.25) is 0 Å². The number of carbonyl (C=O) groups is 1. The summed E-state index contributed by atoms with van der Waals surface area (Å²) in [7, 11) is 7.07. The number of nitrogens with one attached hydrogen (secondary N) is 2. The SMILES string of the molecule is CCc1nn(C)c(OC)c1CN=C(NCC(=O)N(C)C)NC1CC2CCC1C2. The fraction of sp³-hybridized carbons (Fsp3) is 0.750. The summed E-state index contributed by atoms with van der Waals surface area (Å²) in [4.78, 5) is 18.4. The predicted molar refractivity (Wildman–Crippen MR) is 109 cm³/mol. The molecule has 3 unspecified atom stereocenters. The van der Waals surface area contributed by atoms with Crippen LogP contribution in [0.1, 0.15) is 43.9 Å². The molecule has 0 saturated heterocycles. The highest BCUT2D eigenvalue weighted by Crippen LogP contribution is 2.44. The van der Waals surface area contributed by atoms with Crippen molar-refractivity contribution in [3.05, 3.63) is 11.3 Å². The molecule has 0 spiro atoms. The van der Waals surface area contributed by atoms with Crippen LogP contribution >= 0.6 is 0 Å². The van der Waals surface area contributed by atoms with Gasteiger partial charge in [0, 0.05) is 27.2 Å². The molecule has 0 aromatic carbocycles. The predicted octanol–water partition coefficient (Wildman–Crippen LogP) is 1.30. The van der Waals surface area contributed by atoms with E-state index in [-0.39, 0.29) is 12.5 Å². The van der Waals surface area contributed by atoms with E-state index in [1.165, 1.54) is 25.7 Å². The van der Waals surface area contributed by atoms with Gasteiger partial charge >= 0.3 is 0 Å². The third-order valence-corrected chi connectivity index (χ3v) is 6.06. The Bertz CT molecular complexity index is 727. The Balaban J connectivity index is 1.74. The number of aromatic nitrogens is 2. The molecule has 8 heteroatoms. The first-order valence-corrected chi connectivity index (χ1v) is 10.3. The number of likely N-dealkylation sites (N-methyl/N-ethyl adjacent to an activating group) is 1. The number of carbonyl (C=O) groups excluding carboxylic acids is 1. The van der Waals surface area contributed by atoms with E-state index in [9.17, 15) is 4.79 Å². The quantitative estimate of drug-likeness (QED) is 0.542. The van der Waals surface area contributed by atoms with Gasteiger partial charge < -0.3 is 20.3 Å². The van der Waals surface area contributed by atoms with Crippen LogP contribution in [0, 0.1) is 11.8 Å². The van der Waals surface area contributed by atoms with Crippen LogP contribution in [0.25, 0.3) is 0 Å². The second kappa shape index (κ2) is 8.84. The Morgan fingerprint density at radius 1 is 1.36 bits per heavy atom. The topological polar surface area (TPSA) is 83.8 Å². The Labute approximate surface area is 167 Å². The van der Waals surface area contributed by atoms with Crippen LogP contribution < -0.4 is 15.4 Å². The molecule has 2 aliphatic carbocycles. The number of methoxy groups -OCH3 is 1. The lowest BCUT2D eigenvalue weighted by molar-refractivity contribution is -0.127. The van der Waals surface area contributed by atoms with Crippen LogP contribution in [0.4, 0.5) is 0 Å². The van der Waals surface area contributed by atoms with Gasteiger partial charge in [0.05, 0.1) is 31.5 Å². The molecule has 0 aliphatic heterocycles. The van der Waals surface area contributed by atoms with Crippen molar-refractivity contribution in [2.75, 3.05) is 27.7 Å². The first-order valence-electron chi connectivity index (χ1n) is 10.3. The number of fused-ring (bicyclic) bond motifs is 2. The molecule has 1 aromatic rings. The minimum atomic E-state index is 0.0237. The zero-order valence-corrected chi connectivity index (χ0v) is 17.8. The summed E-state index contributed by atoms with van der Waals surface area (Å²) >= 11 is 0. The summed E-state index contributed by atoms with van der Waals surface area (Å²) in [6.45, 7) is 2.77. The fourth-order valence-corrected chi connectivity index (χ4v) is 4.53. The number of hydrogen-bond acceptors (Lipinski definition) is 4. The number of hydrogen-bond donors (Lipinski definition) is 2. The number of aliphatic imine (C=N–C) groups is 1. The smallest absolute Gasteiger partial charge is 0.241 e. The lowest BCUT2D eigenvalue weighted by Gasteiger charge is -2.25. The molecule has 8 nitrogen and oxygen atoms in total. The van der Waals surface area contributed by atoms with Crippen molar-refractivity contribution < 1.29 is 9.53 Å². The third-order valence-electron chi connectivity index (χ3n) is 6.06. The summed E-state index contributed by atoms with van der Waals surface area (Å²) in [5.41, 5.74) is 1.99. The van der Waals surface area contributed by atoms with E-state index >= 15 is 0 Å². The largest absolute Gasteiger partial charge is 0.481 e. The summed E-state index contributed by atoms with van der Waals surface area (Å²) in [6.07, 6.45) is 5.99. The van der Waals surface area contributed by atoms with Gasteiger partial charge in [0.15, 0.2) is 5.96 Å². The highest BCUT2D eigenvalue weighted by molar-refractivity contribution is 5.86. The third kappa shape index (κ3) is 4.42. The first-order chi connectivity index (χ1) is 13.4. The number of rotatable bonds is 7. The van der Waals surface area contributed by atoms with Crippen LogP contribution in [-0.2, 0) is 24.8 Å². The standard InChI is InChI=1S/C20H34N6O2/c1-6-16-15(19(28-5)26(4)24-16)11-21-20(22-12-18(27)25(2)3)23-17-10-13-7-8-14(17)9-13/h13-14,17H,6-12H2,1-5H3,(H2,21,22,23). The molecular weight excluding hydrogens is 356 g/mol. The molecule has 1 aromatic heterocycles. The highest BCUT2D eigenvalue weighted by Gasteiger charge is 2.39. The number of nitrogens with zero attached hydrogens (tertiary/aromatic N) is 4. The van der Waals surface area contributed by atoms with Crippen molar-refractivity contribution in [1.29, 1.82) is 0 Å². The van der Waals surface area contributed by atoms with Crippen molar-refractivity contribution in [2.24, 2.45) is 23.9 Å². The molecule has 2 bridgehead atoms. The molecule has 28 heavy (non-hydrogen) atoms. The van der Waals surface area contributed by atoms with Crippen LogP contribution in [0.5, 0.6) is 5.88 Å². The lowest BCUT2D eigenvalue weighted by atomic mass is 9.95. The van der Waals surface area contributed by atoms with E-state index < -0.39 is 0 Å². The molecular formula is C20H34N6O2. The van der Waals surface area contributed by atoms with Gasteiger partial charge in [0.1, 0.15) is 0 Å². The molecule has 2 fully saturated rings. The van der Waals surface area contributed by atoms with Gasteiger partial charge in [-0.1, -0.05) is 13.3 Å². The maximum Gasteiger partial charge on any atom is 0.241 e. The first kappa shape index (κ1) is 20.5. The highest BCUT2D eigenvalue weighted by atomic mass is 16.5. The molecule has 0 radical (unpaired) electrons. The van der Waals surface area contributed by atoms with Gasteiger partial charge in [0.25, 0.3) is 0 Å². The Morgan fingerprint density at radius 2 is 2.14 bits per heavy atom. The van der Waals surface area contributed by atoms with Crippen molar-refractivity contribution >= 4 is 11.9 Å². The second-order valence-electron chi connectivity index (χ2n) is 8.14. The van der Waals surface area contributed by atoms with Gasteiger partial charge in [-0.3, -0.25) is 4.79 Å². The Kier molecular flexibility index (Phi) is 6.46. The van der Waals surface area contributed by atoms with E-state index in [2.05, 4.69) is 22.7 Å². The molecule has 2 N–H and O–H groups in total. The normalized spacial score (nSPS) is 23.8. The van der Waals surface area contributed by atoms with Gasteiger partial charge in [-0.25, -0.2) is 9.67 Å². The average molecular weight is 391 g/mol. The molecule has 3 atom stereocenters. The lowest BCUT2D eigenvalue weighted by Crippen LogP contribution is -2.48. The van der Waals surface area contributed by atoms with Gasteiger partial charge in [-0.05, 0) is 37.5 Å².